The number of halogens is 1. The molecular weight excluding hydrogens is 586 g/mol. The molecule has 11 nitrogen and oxygen atoms in total. The first-order chi connectivity index (χ1) is 20.2. The molecule has 3 heterocycles. The number of thiazole rings is 1. The third-order valence-corrected chi connectivity index (χ3v) is 7.75. The molecule has 2 aromatic carbocycles. The quantitative estimate of drug-likeness (QED) is 0.119. The van der Waals surface area contributed by atoms with Gasteiger partial charge in [0, 0.05) is 18.2 Å². The summed E-state index contributed by atoms with van der Waals surface area (Å²) < 4.78 is 23.1. The Morgan fingerprint density at radius 3 is 2.62 bits per heavy atom. The summed E-state index contributed by atoms with van der Waals surface area (Å²) >= 11 is 7.24. The van der Waals surface area contributed by atoms with Crippen molar-refractivity contribution in [2.75, 3.05) is 27.4 Å². The summed E-state index contributed by atoms with van der Waals surface area (Å²) in [6, 6.07) is 13.7. The van der Waals surface area contributed by atoms with Crippen LogP contribution in [-0.2, 0) is 14.3 Å². The third-order valence-electron chi connectivity index (χ3n) is 6.52. The van der Waals surface area contributed by atoms with Gasteiger partial charge in [0.05, 0.1) is 52.1 Å². The van der Waals surface area contributed by atoms with Crippen molar-refractivity contribution in [3.63, 3.8) is 0 Å². The summed E-state index contributed by atoms with van der Waals surface area (Å²) in [5.41, 5.74) is 0.959. The minimum absolute atomic E-state index is 0.0387. The van der Waals surface area contributed by atoms with Gasteiger partial charge in [0.25, 0.3) is 11.2 Å². The normalized spacial score (nSPS) is 14.9. The number of nitro benzene ring substituents is 1. The van der Waals surface area contributed by atoms with E-state index in [2.05, 4.69) is 4.99 Å². The number of allylic oxidation sites excluding steroid dienone is 1. The highest BCUT2D eigenvalue weighted by Gasteiger charge is 2.33. The fourth-order valence-corrected chi connectivity index (χ4v) is 5.69. The van der Waals surface area contributed by atoms with Gasteiger partial charge in [0.1, 0.15) is 23.9 Å². The Hall–Kier alpha value is -4.52. The van der Waals surface area contributed by atoms with Crippen LogP contribution in [0, 0.1) is 10.1 Å². The minimum atomic E-state index is -0.815. The van der Waals surface area contributed by atoms with Crippen LogP contribution in [0.1, 0.15) is 24.3 Å². The fourth-order valence-electron chi connectivity index (χ4n) is 4.54. The van der Waals surface area contributed by atoms with Crippen molar-refractivity contribution >= 4 is 40.7 Å². The number of benzene rings is 2. The second-order valence-electron chi connectivity index (χ2n) is 9.10. The van der Waals surface area contributed by atoms with E-state index < -0.39 is 22.5 Å². The number of nitrogens with zero attached hydrogens (tertiary/aromatic N) is 3. The van der Waals surface area contributed by atoms with Crippen LogP contribution in [0.25, 0.3) is 17.4 Å². The molecule has 1 atom stereocenters. The average Bonchev–Trinajstić information content (AvgIpc) is 3.56. The lowest BCUT2D eigenvalue weighted by Gasteiger charge is -2.24. The van der Waals surface area contributed by atoms with Gasteiger partial charge in [-0.3, -0.25) is 19.5 Å². The highest BCUT2D eigenvalue weighted by atomic mass is 35.5. The molecule has 0 amide bonds. The SMILES string of the molecule is COCCOC(=O)C1=C(C)N=c2sc(=Cc3ccc(-c4ccc(OC)cc4[N+](=O)[O-])o3)c(=O)n2C1c1ccc(Cl)cc1. The molecule has 0 spiro atoms. The lowest BCUT2D eigenvalue weighted by Crippen LogP contribution is -2.40. The van der Waals surface area contributed by atoms with Crippen LogP contribution in [0.3, 0.4) is 0 Å². The summed E-state index contributed by atoms with van der Waals surface area (Å²) in [4.78, 5) is 43.1. The number of rotatable bonds is 9. The summed E-state index contributed by atoms with van der Waals surface area (Å²) in [7, 11) is 2.92. The van der Waals surface area contributed by atoms with Gasteiger partial charge in [-0.25, -0.2) is 9.79 Å². The summed E-state index contributed by atoms with van der Waals surface area (Å²) in [5.74, 6) is 0.280. The van der Waals surface area contributed by atoms with Crippen LogP contribution in [0.2, 0.25) is 5.02 Å². The van der Waals surface area contributed by atoms with E-state index in [1.807, 2.05) is 0 Å². The third kappa shape index (κ3) is 5.64. The molecule has 1 unspecified atom stereocenters. The van der Waals surface area contributed by atoms with E-state index in [0.717, 1.165) is 11.3 Å². The topological polar surface area (TPSA) is 135 Å². The smallest absolute Gasteiger partial charge is 0.338 e. The van der Waals surface area contributed by atoms with Crippen molar-refractivity contribution in [2.24, 2.45) is 4.99 Å². The number of hydrogen-bond donors (Lipinski definition) is 0. The second-order valence-corrected chi connectivity index (χ2v) is 10.5. The van der Waals surface area contributed by atoms with Crippen LogP contribution in [0.4, 0.5) is 5.69 Å². The number of fused-ring (bicyclic) bond motifs is 1. The summed E-state index contributed by atoms with van der Waals surface area (Å²) in [5, 5.41) is 12.2. The van der Waals surface area contributed by atoms with Gasteiger partial charge in [-0.1, -0.05) is 35.1 Å². The molecule has 1 aliphatic rings. The molecule has 13 heteroatoms. The molecule has 0 saturated heterocycles. The van der Waals surface area contributed by atoms with E-state index in [4.69, 9.17) is 30.2 Å². The molecule has 0 bridgehead atoms. The van der Waals surface area contributed by atoms with Crippen molar-refractivity contribution in [2.45, 2.75) is 13.0 Å². The van der Waals surface area contributed by atoms with Crippen molar-refractivity contribution in [3.8, 4) is 17.1 Å². The number of ether oxygens (including phenoxy) is 3. The van der Waals surface area contributed by atoms with Crippen molar-refractivity contribution in [3.05, 3.63) is 112 Å². The molecule has 42 heavy (non-hydrogen) atoms. The van der Waals surface area contributed by atoms with Gasteiger partial charge in [0.2, 0.25) is 0 Å². The van der Waals surface area contributed by atoms with Gasteiger partial charge >= 0.3 is 5.97 Å². The standard InChI is InChI=1S/C29H24ClN3O8S/c1-16-25(28(35)40-13-12-38-2)26(17-4-6-18(30)7-5-17)32-27(34)24(42-29(32)31-16)15-20-9-11-23(41-20)21-10-8-19(39-3)14-22(21)33(36)37/h4-11,14-15,26H,12-13H2,1-3H3. The molecule has 4 aromatic rings. The molecule has 0 fully saturated rings. The predicted molar refractivity (Wildman–Crippen MR) is 155 cm³/mol. The molecule has 2 aromatic heterocycles. The zero-order chi connectivity index (χ0) is 30.0. The minimum Gasteiger partial charge on any atom is -0.497 e. The van der Waals surface area contributed by atoms with E-state index in [-0.39, 0.29) is 35.8 Å². The number of carbonyl (C=O) groups is 1. The number of esters is 1. The van der Waals surface area contributed by atoms with Crippen LogP contribution in [-0.4, -0.2) is 42.9 Å². The Morgan fingerprint density at radius 1 is 1.17 bits per heavy atom. The number of furan rings is 1. The Kier molecular flexibility index (Phi) is 8.39. The number of nitro groups is 1. The van der Waals surface area contributed by atoms with E-state index in [0.29, 0.717) is 37.1 Å². The van der Waals surface area contributed by atoms with Crippen molar-refractivity contribution < 1.29 is 28.3 Å². The fraction of sp³-hybridized carbons (Fsp3) is 0.207. The maximum absolute atomic E-state index is 13.8. The largest absolute Gasteiger partial charge is 0.497 e. The maximum atomic E-state index is 13.8. The number of hydrogen-bond acceptors (Lipinski definition) is 10. The molecule has 0 radical (unpaired) electrons. The Morgan fingerprint density at radius 2 is 1.93 bits per heavy atom. The van der Waals surface area contributed by atoms with Crippen LogP contribution >= 0.6 is 22.9 Å². The van der Waals surface area contributed by atoms with E-state index >= 15 is 0 Å². The van der Waals surface area contributed by atoms with E-state index in [1.165, 1.54) is 37.0 Å². The number of methoxy groups -OCH3 is 2. The molecule has 216 valence electrons. The summed E-state index contributed by atoms with van der Waals surface area (Å²) in [6.45, 7) is 1.94. The van der Waals surface area contributed by atoms with Gasteiger partial charge in [0.15, 0.2) is 4.80 Å². The highest BCUT2D eigenvalue weighted by molar-refractivity contribution is 7.07. The first kappa shape index (κ1) is 29.0. The van der Waals surface area contributed by atoms with Gasteiger partial charge < -0.3 is 18.6 Å². The molecule has 0 aliphatic carbocycles. The monoisotopic (exact) mass is 609 g/mol. The van der Waals surface area contributed by atoms with E-state index in [9.17, 15) is 19.7 Å². The van der Waals surface area contributed by atoms with Gasteiger partial charge in [-0.15, -0.1) is 0 Å². The lowest BCUT2D eigenvalue weighted by atomic mass is 9.96. The molecule has 0 N–H and O–H groups in total. The van der Waals surface area contributed by atoms with Crippen molar-refractivity contribution in [1.29, 1.82) is 0 Å². The lowest BCUT2D eigenvalue weighted by molar-refractivity contribution is -0.384. The molecule has 1 aliphatic heterocycles. The average molecular weight is 610 g/mol. The summed E-state index contributed by atoms with van der Waals surface area (Å²) in [6.07, 6.45) is 1.54. The Bertz CT molecular complexity index is 1890. The zero-order valence-electron chi connectivity index (χ0n) is 22.7. The zero-order valence-corrected chi connectivity index (χ0v) is 24.2. The van der Waals surface area contributed by atoms with Crippen LogP contribution in [0.15, 0.2) is 80.1 Å². The van der Waals surface area contributed by atoms with Crippen LogP contribution in [0.5, 0.6) is 5.75 Å². The van der Waals surface area contributed by atoms with Gasteiger partial charge in [-0.05, 0) is 48.9 Å². The Balaban J connectivity index is 1.59. The molecule has 5 rings (SSSR count). The predicted octanol–water partition coefficient (Wildman–Crippen LogP) is 4.26. The molecular formula is C29H24ClN3O8S. The van der Waals surface area contributed by atoms with Gasteiger partial charge in [-0.2, -0.15) is 0 Å². The maximum Gasteiger partial charge on any atom is 0.338 e. The number of carbonyl (C=O) groups excluding carboxylic acids is 1. The Labute approximate surface area is 247 Å². The van der Waals surface area contributed by atoms with E-state index in [1.54, 1.807) is 49.4 Å². The number of aromatic nitrogens is 1. The van der Waals surface area contributed by atoms with Crippen molar-refractivity contribution in [1.82, 2.24) is 4.57 Å². The first-order valence-corrected chi connectivity index (χ1v) is 13.8. The second kappa shape index (κ2) is 12.1. The first-order valence-electron chi connectivity index (χ1n) is 12.6. The highest BCUT2D eigenvalue weighted by Crippen LogP contribution is 2.34. The van der Waals surface area contributed by atoms with Crippen LogP contribution < -0.4 is 19.6 Å². The molecule has 0 saturated carbocycles.